The molecule has 12 nitrogen and oxygen atoms in total. The zero-order valence-electron chi connectivity index (χ0n) is 17.2. The first-order valence-electron chi connectivity index (χ1n) is 9.41. The molecule has 1 aromatic carbocycles. The van der Waals surface area contributed by atoms with Crippen LogP contribution in [0.1, 0.15) is 19.4 Å². The molecular weight excluding hydrogens is 410 g/mol. The molecule has 0 radical (unpaired) electrons. The van der Waals surface area contributed by atoms with Gasteiger partial charge in [-0.05, 0) is 31.5 Å². The quantitative estimate of drug-likeness (QED) is 0.198. The Bertz CT molecular complexity index is 812. The first-order chi connectivity index (χ1) is 14.5. The van der Waals surface area contributed by atoms with Crippen LogP contribution in [0.3, 0.4) is 0 Å². The molecule has 31 heavy (non-hydrogen) atoms. The van der Waals surface area contributed by atoms with Crippen molar-refractivity contribution in [3.8, 4) is 5.75 Å². The fourth-order valence-corrected chi connectivity index (χ4v) is 2.41. The lowest BCUT2D eigenvalue weighted by molar-refractivity contribution is -0.142. The molecule has 8 N–H and O–H groups in total. The van der Waals surface area contributed by atoms with Crippen LogP contribution in [-0.2, 0) is 30.4 Å². The second kappa shape index (κ2) is 12.1. The molecule has 4 amide bonds. The van der Waals surface area contributed by atoms with Gasteiger partial charge in [-0.25, -0.2) is 4.79 Å². The number of rotatable bonds is 11. The molecule has 0 unspecified atom stereocenters. The summed E-state index contributed by atoms with van der Waals surface area (Å²) < 4.78 is 0. The lowest BCUT2D eigenvalue weighted by Gasteiger charge is -2.19. The van der Waals surface area contributed by atoms with Gasteiger partial charge < -0.3 is 37.2 Å². The molecule has 0 aliphatic carbocycles. The Balaban J connectivity index is 2.52. The molecule has 0 bridgehead atoms. The first-order valence-corrected chi connectivity index (χ1v) is 9.41. The number of amides is 4. The zero-order valence-corrected chi connectivity index (χ0v) is 17.2. The van der Waals surface area contributed by atoms with Crippen LogP contribution >= 0.6 is 0 Å². The average molecular weight is 437 g/mol. The van der Waals surface area contributed by atoms with E-state index in [0.717, 1.165) is 0 Å². The number of carboxylic acid groups (broad SMARTS) is 1. The number of carbonyl (C=O) groups is 5. The van der Waals surface area contributed by atoms with Gasteiger partial charge in [-0.3, -0.25) is 19.2 Å². The molecule has 0 aliphatic rings. The minimum atomic E-state index is -1.26. The molecule has 12 heteroatoms. The summed E-state index contributed by atoms with van der Waals surface area (Å²) in [7, 11) is 0. The Labute approximate surface area is 178 Å². The summed E-state index contributed by atoms with van der Waals surface area (Å²) in [5.41, 5.74) is 5.72. The molecule has 0 aliphatic heterocycles. The smallest absolute Gasteiger partial charge is 0.326 e. The van der Waals surface area contributed by atoms with Crippen LogP contribution in [0, 0.1) is 0 Å². The molecule has 1 rings (SSSR count). The maximum absolute atomic E-state index is 12.3. The van der Waals surface area contributed by atoms with E-state index in [1.165, 1.54) is 38.1 Å². The zero-order chi connectivity index (χ0) is 23.6. The summed E-state index contributed by atoms with van der Waals surface area (Å²) >= 11 is 0. The Morgan fingerprint density at radius 1 is 0.903 bits per heavy atom. The topological polar surface area (TPSA) is 200 Å². The fourth-order valence-electron chi connectivity index (χ4n) is 2.41. The highest BCUT2D eigenvalue weighted by Gasteiger charge is 2.24. The van der Waals surface area contributed by atoms with Gasteiger partial charge in [0.1, 0.15) is 23.9 Å². The van der Waals surface area contributed by atoms with Crippen molar-refractivity contribution in [2.75, 3.05) is 13.1 Å². The van der Waals surface area contributed by atoms with E-state index in [9.17, 15) is 34.2 Å². The highest BCUT2D eigenvalue weighted by Crippen LogP contribution is 2.11. The van der Waals surface area contributed by atoms with Gasteiger partial charge >= 0.3 is 5.97 Å². The average Bonchev–Trinajstić information content (AvgIpc) is 2.72. The van der Waals surface area contributed by atoms with E-state index in [1.807, 2.05) is 0 Å². The number of aromatic hydroxyl groups is 1. The van der Waals surface area contributed by atoms with E-state index in [0.29, 0.717) is 5.56 Å². The number of nitrogens with two attached hydrogens (primary N) is 1. The Morgan fingerprint density at radius 2 is 1.45 bits per heavy atom. The summed E-state index contributed by atoms with van der Waals surface area (Å²) in [6.07, 6.45) is -0.0233. The van der Waals surface area contributed by atoms with Crippen molar-refractivity contribution < 1.29 is 34.2 Å². The van der Waals surface area contributed by atoms with Crippen molar-refractivity contribution in [3.63, 3.8) is 0 Å². The van der Waals surface area contributed by atoms with Crippen molar-refractivity contribution >= 4 is 29.6 Å². The van der Waals surface area contributed by atoms with Gasteiger partial charge in [0.05, 0.1) is 13.1 Å². The highest BCUT2D eigenvalue weighted by molar-refractivity contribution is 5.93. The van der Waals surface area contributed by atoms with Gasteiger partial charge in [0.2, 0.25) is 23.6 Å². The minimum Gasteiger partial charge on any atom is -0.508 e. The lowest BCUT2D eigenvalue weighted by Crippen LogP contribution is -2.53. The third-order valence-electron chi connectivity index (χ3n) is 4.14. The van der Waals surface area contributed by atoms with Crippen molar-refractivity contribution in [1.29, 1.82) is 0 Å². The SMILES string of the molecule is C[C@H](NC(=O)CN)C(=O)NCC(=O)N[C@@H](C)C(=O)N[C@@H](Cc1ccc(O)cc1)C(=O)O. The van der Waals surface area contributed by atoms with Gasteiger partial charge in [-0.1, -0.05) is 12.1 Å². The van der Waals surface area contributed by atoms with Crippen LogP contribution in [0.4, 0.5) is 0 Å². The number of phenols is 1. The molecule has 0 aromatic heterocycles. The van der Waals surface area contributed by atoms with E-state index in [2.05, 4.69) is 21.3 Å². The number of aliphatic carboxylic acids is 1. The van der Waals surface area contributed by atoms with E-state index in [4.69, 9.17) is 5.73 Å². The van der Waals surface area contributed by atoms with Crippen molar-refractivity contribution in [3.05, 3.63) is 29.8 Å². The van der Waals surface area contributed by atoms with Gasteiger partial charge in [0.25, 0.3) is 0 Å². The van der Waals surface area contributed by atoms with Crippen LogP contribution in [0.5, 0.6) is 5.75 Å². The predicted octanol–water partition coefficient (Wildman–Crippen LogP) is -2.41. The monoisotopic (exact) mass is 437 g/mol. The van der Waals surface area contributed by atoms with Crippen LogP contribution in [-0.4, -0.2) is 71.0 Å². The fraction of sp³-hybridized carbons (Fsp3) is 0.421. The second-order valence-electron chi connectivity index (χ2n) is 6.77. The summed E-state index contributed by atoms with van der Waals surface area (Å²) in [4.78, 5) is 58.7. The van der Waals surface area contributed by atoms with Crippen LogP contribution in [0.2, 0.25) is 0 Å². The van der Waals surface area contributed by atoms with E-state index >= 15 is 0 Å². The van der Waals surface area contributed by atoms with Gasteiger partial charge in [0.15, 0.2) is 0 Å². The van der Waals surface area contributed by atoms with Crippen molar-refractivity contribution in [2.24, 2.45) is 5.73 Å². The molecule has 0 saturated carbocycles. The minimum absolute atomic E-state index is 0.0233. The Kier molecular flexibility index (Phi) is 9.92. The summed E-state index contributed by atoms with van der Waals surface area (Å²) in [6.45, 7) is 2.04. The standard InChI is InChI=1S/C19H27N5O7/c1-10(22-15(26)8-20)17(28)21-9-16(27)23-11(2)18(29)24-14(19(30)31)7-12-3-5-13(25)6-4-12/h3-6,10-11,14,25H,7-9,20H2,1-2H3,(H,21,28)(H,22,26)(H,23,27)(H,24,29)(H,30,31)/t10-,11-,14-/m0/s1. The molecule has 0 spiro atoms. The lowest BCUT2D eigenvalue weighted by atomic mass is 10.1. The number of benzene rings is 1. The predicted molar refractivity (Wildman–Crippen MR) is 109 cm³/mol. The molecule has 1 aromatic rings. The Morgan fingerprint density at radius 3 is 2.00 bits per heavy atom. The number of carboxylic acids is 1. The second-order valence-corrected chi connectivity index (χ2v) is 6.77. The van der Waals surface area contributed by atoms with Crippen LogP contribution in [0.15, 0.2) is 24.3 Å². The van der Waals surface area contributed by atoms with E-state index < -0.39 is 54.3 Å². The number of hydrogen-bond acceptors (Lipinski definition) is 7. The Hall–Kier alpha value is -3.67. The maximum Gasteiger partial charge on any atom is 0.326 e. The number of phenolic OH excluding ortho intramolecular Hbond substituents is 1. The number of hydrogen-bond donors (Lipinski definition) is 7. The van der Waals surface area contributed by atoms with Crippen molar-refractivity contribution in [2.45, 2.75) is 38.4 Å². The maximum atomic E-state index is 12.3. The molecular formula is C19H27N5O7. The molecule has 0 heterocycles. The third kappa shape index (κ3) is 9.12. The van der Waals surface area contributed by atoms with Gasteiger partial charge in [-0.15, -0.1) is 0 Å². The largest absolute Gasteiger partial charge is 0.508 e. The van der Waals surface area contributed by atoms with Crippen molar-refractivity contribution in [1.82, 2.24) is 21.3 Å². The summed E-state index contributed by atoms with van der Waals surface area (Å²) in [6, 6.07) is 2.64. The third-order valence-corrected chi connectivity index (χ3v) is 4.14. The first kappa shape index (κ1) is 25.4. The summed E-state index contributed by atoms with van der Waals surface area (Å²) in [5.74, 6) is -3.79. The molecule has 170 valence electrons. The summed E-state index contributed by atoms with van der Waals surface area (Å²) in [5, 5.41) is 27.9. The normalized spacial score (nSPS) is 13.3. The molecule has 3 atom stereocenters. The highest BCUT2D eigenvalue weighted by atomic mass is 16.4. The van der Waals surface area contributed by atoms with E-state index in [-0.39, 0.29) is 18.7 Å². The number of carbonyl (C=O) groups excluding carboxylic acids is 4. The van der Waals surface area contributed by atoms with E-state index in [1.54, 1.807) is 0 Å². The van der Waals surface area contributed by atoms with Gasteiger partial charge in [0, 0.05) is 6.42 Å². The number of nitrogens with one attached hydrogen (secondary N) is 4. The van der Waals surface area contributed by atoms with Gasteiger partial charge in [-0.2, -0.15) is 0 Å². The molecule has 0 saturated heterocycles. The molecule has 0 fully saturated rings. The van der Waals surface area contributed by atoms with Crippen LogP contribution < -0.4 is 27.0 Å². The van der Waals surface area contributed by atoms with Crippen LogP contribution in [0.25, 0.3) is 0 Å².